The van der Waals surface area contributed by atoms with Gasteiger partial charge in [-0.05, 0) is 61.2 Å². The van der Waals surface area contributed by atoms with Crippen LogP contribution in [0.15, 0.2) is 67.0 Å². The van der Waals surface area contributed by atoms with E-state index < -0.39 is 30.1 Å². The van der Waals surface area contributed by atoms with E-state index >= 15 is 0 Å². The molecule has 1 aliphatic heterocycles. The number of carbonyl (C=O) groups is 2. The number of likely N-dealkylation sites (tertiary alicyclic amines) is 1. The van der Waals surface area contributed by atoms with Crippen molar-refractivity contribution in [3.63, 3.8) is 0 Å². The van der Waals surface area contributed by atoms with Crippen LogP contribution < -0.4 is 5.32 Å². The summed E-state index contributed by atoms with van der Waals surface area (Å²) in [5.41, 5.74) is 2.53. The van der Waals surface area contributed by atoms with Crippen molar-refractivity contribution in [1.82, 2.24) is 20.0 Å². The summed E-state index contributed by atoms with van der Waals surface area (Å²) in [6.45, 7) is 2.19. The molecule has 1 unspecified atom stereocenters. The summed E-state index contributed by atoms with van der Waals surface area (Å²) < 4.78 is 1.72. The number of carbonyl (C=O) groups excluding carboxylic acids is 2. The van der Waals surface area contributed by atoms with E-state index in [9.17, 15) is 19.8 Å². The summed E-state index contributed by atoms with van der Waals surface area (Å²) in [4.78, 5) is 27.1. The van der Waals surface area contributed by atoms with E-state index in [1.165, 1.54) is 4.90 Å². The van der Waals surface area contributed by atoms with E-state index in [0.717, 1.165) is 23.2 Å². The van der Waals surface area contributed by atoms with Crippen molar-refractivity contribution in [2.75, 3.05) is 6.54 Å². The highest BCUT2D eigenvalue weighted by atomic mass is 35.5. The monoisotopic (exact) mass is 482 g/mol. The normalized spacial score (nSPS) is 18.4. The lowest BCUT2D eigenvalue weighted by atomic mass is 10.0. The van der Waals surface area contributed by atoms with Gasteiger partial charge in [-0.2, -0.15) is 5.10 Å². The van der Waals surface area contributed by atoms with Crippen LogP contribution in [0.3, 0.4) is 0 Å². The minimum absolute atomic E-state index is 0.261. The first-order chi connectivity index (χ1) is 16.3. The highest BCUT2D eigenvalue weighted by Gasteiger charge is 2.38. The van der Waals surface area contributed by atoms with Crippen molar-refractivity contribution in [1.29, 1.82) is 0 Å². The number of benzene rings is 2. The fourth-order valence-electron chi connectivity index (χ4n) is 4.26. The number of halogens is 1. The molecular weight excluding hydrogens is 456 g/mol. The van der Waals surface area contributed by atoms with Gasteiger partial charge in [0.1, 0.15) is 0 Å². The Kier molecular flexibility index (Phi) is 7.31. The third kappa shape index (κ3) is 5.14. The van der Waals surface area contributed by atoms with Gasteiger partial charge in [0, 0.05) is 24.0 Å². The Balaban J connectivity index is 1.38. The second-order valence-corrected chi connectivity index (χ2v) is 8.84. The number of nitrogens with one attached hydrogen (secondary N) is 1. The zero-order valence-corrected chi connectivity index (χ0v) is 19.5. The number of rotatable bonds is 7. The lowest BCUT2D eigenvalue weighted by Crippen LogP contribution is -2.50. The van der Waals surface area contributed by atoms with Gasteiger partial charge in [0.05, 0.1) is 17.8 Å². The Bertz CT molecular complexity index is 1140. The van der Waals surface area contributed by atoms with Crippen molar-refractivity contribution in [2.24, 2.45) is 0 Å². The molecule has 2 aromatic carbocycles. The van der Waals surface area contributed by atoms with Gasteiger partial charge in [-0.15, -0.1) is 0 Å². The van der Waals surface area contributed by atoms with Gasteiger partial charge >= 0.3 is 0 Å². The van der Waals surface area contributed by atoms with Gasteiger partial charge in [-0.3, -0.25) is 9.59 Å². The van der Waals surface area contributed by atoms with Crippen molar-refractivity contribution >= 4 is 23.4 Å². The molecule has 0 bridgehead atoms. The molecule has 8 nitrogen and oxygen atoms in total. The molecule has 1 saturated heterocycles. The van der Waals surface area contributed by atoms with Crippen molar-refractivity contribution in [3.05, 3.63) is 83.1 Å². The zero-order chi connectivity index (χ0) is 24.2. The summed E-state index contributed by atoms with van der Waals surface area (Å²) in [6, 6.07) is 15.7. The quantitative estimate of drug-likeness (QED) is 0.480. The van der Waals surface area contributed by atoms with Gasteiger partial charge in [0.15, 0.2) is 12.2 Å². The van der Waals surface area contributed by atoms with Crippen LogP contribution in [0.25, 0.3) is 5.69 Å². The molecule has 0 spiro atoms. The lowest BCUT2D eigenvalue weighted by Gasteiger charge is -2.29. The summed E-state index contributed by atoms with van der Waals surface area (Å²) >= 11 is 6.09. The molecule has 1 aromatic heterocycles. The standard InChI is InChI=1S/C25H27ClN4O4/c1-16(17-8-10-20(11-9-17)30-14-4-12-27-30)28-24(33)22(31)23(32)25(34)29-13-3-7-21(29)18-5-2-6-19(26)15-18/h2,4-6,8-12,14-16,21-23,31-32H,3,7,13H2,1H3,(H,28,33)/t16-,21?,22-,23-/m1/s1. The topological polar surface area (TPSA) is 108 Å². The fourth-order valence-corrected chi connectivity index (χ4v) is 4.46. The number of aliphatic hydroxyl groups excluding tert-OH is 2. The minimum Gasteiger partial charge on any atom is -0.380 e. The largest absolute Gasteiger partial charge is 0.380 e. The summed E-state index contributed by atoms with van der Waals surface area (Å²) in [5, 5.41) is 28.4. The molecule has 2 amide bonds. The first-order valence-electron chi connectivity index (χ1n) is 11.2. The molecule has 9 heteroatoms. The molecule has 0 saturated carbocycles. The third-order valence-electron chi connectivity index (χ3n) is 6.11. The molecule has 34 heavy (non-hydrogen) atoms. The number of hydrogen-bond acceptors (Lipinski definition) is 5. The average molecular weight is 483 g/mol. The molecular formula is C25H27ClN4O4. The van der Waals surface area contributed by atoms with Crippen LogP contribution in [0, 0.1) is 0 Å². The molecule has 1 aliphatic rings. The molecule has 1 fully saturated rings. The van der Waals surface area contributed by atoms with E-state index in [2.05, 4.69) is 10.4 Å². The van der Waals surface area contributed by atoms with E-state index in [4.69, 9.17) is 11.6 Å². The first-order valence-corrected chi connectivity index (χ1v) is 11.6. The first kappa shape index (κ1) is 23.9. The number of aliphatic hydroxyl groups is 2. The summed E-state index contributed by atoms with van der Waals surface area (Å²) in [7, 11) is 0. The van der Waals surface area contributed by atoms with Crippen LogP contribution in [0.5, 0.6) is 0 Å². The maximum absolute atomic E-state index is 13.0. The highest BCUT2D eigenvalue weighted by molar-refractivity contribution is 6.30. The lowest BCUT2D eigenvalue weighted by molar-refractivity contribution is -0.154. The van der Waals surface area contributed by atoms with Crippen LogP contribution in [-0.4, -0.2) is 55.5 Å². The van der Waals surface area contributed by atoms with Gasteiger partial charge in [0.25, 0.3) is 11.8 Å². The SMILES string of the molecule is C[C@@H](NC(=O)[C@H](O)[C@@H](O)C(=O)N1CCCC1c1cccc(Cl)c1)c1ccc(-n2cccn2)cc1. The van der Waals surface area contributed by atoms with E-state index in [1.807, 2.05) is 42.6 Å². The molecule has 2 heterocycles. The second-order valence-electron chi connectivity index (χ2n) is 8.41. The van der Waals surface area contributed by atoms with Crippen molar-refractivity contribution in [2.45, 2.75) is 44.1 Å². The predicted octanol–water partition coefficient (Wildman–Crippen LogP) is 2.79. The van der Waals surface area contributed by atoms with E-state index in [1.54, 1.807) is 36.0 Å². The molecule has 4 rings (SSSR count). The van der Waals surface area contributed by atoms with Gasteiger partial charge in [0.2, 0.25) is 0 Å². The van der Waals surface area contributed by atoms with Gasteiger partial charge < -0.3 is 20.4 Å². The molecule has 3 N–H and O–H groups in total. The predicted molar refractivity (Wildman–Crippen MR) is 127 cm³/mol. The van der Waals surface area contributed by atoms with Crippen LogP contribution in [0.2, 0.25) is 5.02 Å². The summed E-state index contributed by atoms with van der Waals surface area (Å²) in [6.07, 6.45) is 1.22. The number of hydrogen-bond donors (Lipinski definition) is 3. The van der Waals surface area contributed by atoms with Gasteiger partial charge in [-0.25, -0.2) is 4.68 Å². The van der Waals surface area contributed by atoms with Crippen molar-refractivity contribution < 1.29 is 19.8 Å². The smallest absolute Gasteiger partial charge is 0.255 e. The Morgan fingerprint density at radius 1 is 1.12 bits per heavy atom. The number of aromatic nitrogens is 2. The fraction of sp³-hybridized carbons (Fsp3) is 0.320. The highest BCUT2D eigenvalue weighted by Crippen LogP contribution is 2.33. The molecule has 0 aliphatic carbocycles. The van der Waals surface area contributed by atoms with Gasteiger partial charge in [-0.1, -0.05) is 35.9 Å². The number of amides is 2. The Labute approximate surface area is 202 Å². The maximum atomic E-state index is 13.0. The molecule has 4 atom stereocenters. The zero-order valence-electron chi connectivity index (χ0n) is 18.7. The number of nitrogens with zero attached hydrogens (tertiary/aromatic N) is 3. The Hall–Kier alpha value is -3.20. The van der Waals surface area contributed by atoms with E-state index in [0.29, 0.717) is 18.0 Å². The van der Waals surface area contributed by atoms with Crippen LogP contribution in [0.4, 0.5) is 0 Å². The van der Waals surface area contributed by atoms with E-state index in [-0.39, 0.29) is 6.04 Å². The Morgan fingerprint density at radius 2 is 1.88 bits per heavy atom. The second kappa shape index (κ2) is 10.4. The average Bonchev–Trinajstić information content (AvgIpc) is 3.55. The van der Waals surface area contributed by atoms with Crippen LogP contribution >= 0.6 is 11.6 Å². The maximum Gasteiger partial charge on any atom is 0.255 e. The minimum atomic E-state index is -1.89. The summed E-state index contributed by atoms with van der Waals surface area (Å²) in [5.74, 6) is -1.50. The van der Waals surface area contributed by atoms with Crippen LogP contribution in [-0.2, 0) is 9.59 Å². The van der Waals surface area contributed by atoms with Crippen LogP contribution in [0.1, 0.15) is 43.0 Å². The molecule has 3 aromatic rings. The third-order valence-corrected chi connectivity index (χ3v) is 6.35. The van der Waals surface area contributed by atoms with Crippen molar-refractivity contribution in [3.8, 4) is 5.69 Å². The Morgan fingerprint density at radius 3 is 2.56 bits per heavy atom. The molecule has 178 valence electrons. The molecule has 0 radical (unpaired) electrons.